The minimum atomic E-state index is -0.352. The van der Waals surface area contributed by atoms with Gasteiger partial charge >= 0.3 is 7.12 Å². The van der Waals surface area contributed by atoms with Crippen LogP contribution in [0.2, 0.25) is 0 Å². The van der Waals surface area contributed by atoms with Gasteiger partial charge in [-0.3, -0.25) is 0 Å². The molecule has 24 heavy (non-hydrogen) atoms. The summed E-state index contributed by atoms with van der Waals surface area (Å²) >= 11 is 1.77. The maximum atomic E-state index is 6.15. The zero-order valence-electron chi connectivity index (χ0n) is 15.9. The molecule has 134 valence electrons. The van der Waals surface area contributed by atoms with Crippen LogP contribution in [-0.4, -0.2) is 24.9 Å². The highest BCUT2D eigenvalue weighted by Gasteiger charge is 2.52. The first-order valence-electron chi connectivity index (χ1n) is 9.13. The van der Waals surface area contributed by atoms with Gasteiger partial charge in [0.15, 0.2) is 0 Å². The number of rotatable bonds is 8. The van der Waals surface area contributed by atoms with E-state index in [4.69, 9.17) is 15.0 Å². The van der Waals surface area contributed by atoms with Crippen LogP contribution >= 0.6 is 11.3 Å². The van der Waals surface area contributed by atoms with Gasteiger partial charge < -0.3 is 15.0 Å². The van der Waals surface area contributed by atoms with E-state index in [9.17, 15) is 0 Å². The molecule has 1 aromatic heterocycles. The second-order valence-electron chi connectivity index (χ2n) is 7.63. The third-order valence-electron chi connectivity index (χ3n) is 5.19. The van der Waals surface area contributed by atoms with E-state index in [1.807, 2.05) is 0 Å². The standard InChI is InChI=1S/C19H32BNO2S/c1-6-7-8-9-10-15-11-12-24-17(15)13-16(14-21)20-22-18(2,3)19(4,5)23-20/h11-13H,6-10,14,21H2,1-5H3. The van der Waals surface area contributed by atoms with Crippen LogP contribution in [0.25, 0.3) is 6.08 Å². The molecule has 0 aromatic carbocycles. The van der Waals surface area contributed by atoms with Crippen molar-refractivity contribution < 1.29 is 9.31 Å². The number of unbranched alkanes of at least 4 members (excludes halogenated alkanes) is 3. The largest absolute Gasteiger partial charge is 0.491 e. The quantitative estimate of drug-likeness (QED) is 0.539. The van der Waals surface area contributed by atoms with Crippen molar-refractivity contribution >= 4 is 24.5 Å². The number of hydrogen-bond donors (Lipinski definition) is 1. The molecule has 1 fully saturated rings. The van der Waals surface area contributed by atoms with Crippen LogP contribution in [0, 0.1) is 0 Å². The molecular weight excluding hydrogens is 317 g/mol. The molecule has 0 spiro atoms. The molecular formula is C19H32BNO2S. The van der Waals surface area contributed by atoms with E-state index < -0.39 is 0 Å². The van der Waals surface area contributed by atoms with E-state index in [0.717, 1.165) is 11.9 Å². The summed E-state index contributed by atoms with van der Waals surface area (Å²) in [4.78, 5) is 1.29. The molecule has 0 aliphatic carbocycles. The Morgan fingerprint density at radius 1 is 1.17 bits per heavy atom. The Kier molecular flexibility index (Phi) is 6.71. The van der Waals surface area contributed by atoms with Crippen molar-refractivity contribution in [2.24, 2.45) is 5.73 Å². The van der Waals surface area contributed by atoms with Crippen LogP contribution < -0.4 is 5.73 Å². The van der Waals surface area contributed by atoms with Gasteiger partial charge in [0.1, 0.15) is 0 Å². The molecule has 5 heteroatoms. The second kappa shape index (κ2) is 8.18. The molecule has 0 saturated carbocycles. The Labute approximate surface area is 151 Å². The average Bonchev–Trinajstić information content (AvgIpc) is 3.03. The van der Waals surface area contributed by atoms with Gasteiger partial charge in [0.2, 0.25) is 0 Å². The molecule has 1 saturated heterocycles. The monoisotopic (exact) mass is 349 g/mol. The Balaban J connectivity index is 2.10. The summed E-state index contributed by atoms with van der Waals surface area (Å²) < 4.78 is 12.3. The fourth-order valence-corrected chi connectivity index (χ4v) is 3.73. The first-order valence-corrected chi connectivity index (χ1v) is 10.0. The van der Waals surface area contributed by atoms with Crippen molar-refractivity contribution in [3.8, 4) is 0 Å². The Morgan fingerprint density at radius 3 is 2.42 bits per heavy atom. The summed E-state index contributed by atoms with van der Waals surface area (Å²) in [5, 5.41) is 2.17. The predicted octanol–water partition coefficient (Wildman–Crippen LogP) is 4.84. The first-order chi connectivity index (χ1) is 11.3. The minimum Gasteiger partial charge on any atom is -0.400 e. The minimum absolute atomic E-state index is 0.329. The first kappa shape index (κ1) is 19.7. The molecule has 0 atom stereocenters. The van der Waals surface area contributed by atoms with E-state index >= 15 is 0 Å². The summed E-state index contributed by atoms with van der Waals surface area (Å²) in [5.41, 5.74) is 7.79. The summed E-state index contributed by atoms with van der Waals surface area (Å²) in [7, 11) is -0.352. The summed E-state index contributed by atoms with van der Waals surface area (Å²) in [5.74, 6) is 0. The fraction of sp³-hybridized carbons (Fsp3) is 0.684. The number of aryl methyl sites for hydroxylation is 1. The summed E-state index contributed by atoms with van der Waals surface area (Å²) in [6.07, 6.45) is 8.46. The van der Waals surface area contributed by atoms with Crippen LogP contribution in [0.4, 0.5) is 0 Å². The van der Waals surface area contributed by atoms with Gasteiger partial charge in [-0.25, -0.2) is 0 Å². The topological polar surface area (TPSA) is 44.5 Å². The lowest BCUT2D eigenvalue weighted by molar-refractivity contribution is 0.00578. The molecule has 0 amide bonds. The van der Waals surface area contributed by atoms with Gasteiger partial charge in [0, 0.05) is 11.4 Å². The molecule has 0 radical (unpaired) electrons. The molecule has 2 rings (SSSR count). The molecule has 3 nitrogen and oxygen atoms in total. The fourth-order valence-electron chi connectivity index (χ4n) is 2.81. The molecule has 0 unspecified atom stereocenters. The maximum Gasteiger partial charge on any atom is 0.491 e. The highest BCUT2D eigenvalue weighted by molar-refractivity contribution is 7.11. The summed E-state index contributed by atoms with van der Waals surface area (Å²) in [6, 6.07) is 2.24. The van der Waals surface area contributed by atoms with E-state index in [2.05, 4.69) is 52.1 Å². The van der Waals surface area contributed by atoms with Crippen LogP contribution in [0.15, 0.2) is 16.9 Å². The van der Waals surface area contributed by atoms with E-state index in [-0.39, 0.29) is 18.3 Å². The Bertz CT molecular complexity index is 549. The van der Waals surface area contributed by atoms with Crippen molar-refractivity contribution in [3.05, 3.63) is 27.4 Å². The molecule has 1 aliphatic heterocycles. The lowest BCUT2D eigenvalue weighted by atomic mass is 9.77. The van der Waals surface area contributed by atoms with E-state index in [1.165, 1.54) is 36.1 Å². The van der Waals surface area contributed by atoms with Gasteiger partial charge in [-0.1, -0.05) is 26.2 Å². The van der Waals surface area contributed by atoms with Crippen molar-refractivity contribution in [2.75, 3.05) is 6.54 Å². The maximum absolute atomic E-state index is 6.15. The zero-order valence-corrected chi connectivity index (χ0v) is 16.7. The van der Waals surface area contributed by atoms with E-state index in [0.29, 0.717) is 6.54 Å². The lowest BCUT2D eigenvalue weighted by Crippen LogP contribution is -2.41. The predicted molar refractivity (Wildman–Crippen MR) is 105 cm³/mol. The zero-order chi connectivity index (χ0) is 17.8. The van der Waals surface area contributed by atoms with Crippen LogP contribution in [0.5, 0.6) is 0 Å². The number of thiophene rings is 1. The average molecular weight is 349 g/mol. The number of hydrogen-bond acceptors (Lipinski definition) is 4. The van der Waals surface area contributed by atoms with Crippen LogP contribution in [0.3, 0.4) is 0 Å². The van der Waals surface area contributed by atoms with Crippen LogP contribution in [0.1, 0.15) is 70.7 Å². The van der Waals surface area contributed by atoms with E-state index in [1.54, 1.807) is 11.3 Å². The third kappa shape index (κ3) is 4.51. The molecule has 2 N–H and O–H groups in total. The van der Waals surface area contributed by atoms with Gasteiger partial charge in [0.05, 0.1) is 11.2 Å². The van der Waals surface area contributed by atoms with Crippen molar-refractivity contribution in [2.45, 2.75) is 77.9 Å². The highest BCUT2D eigenvalue weighted by atomic mass is 32.1. The Morgan fingerprint density at radius 2 is 1.83 bits per heavy atom. The normalized spacial score (nSPS) is 19.9. The van der Waals surface area contributed by atoms with Gasteiger partial charge in [-0.05, 0) is 69.1 Å². The Hall–Kier alpha value is -0.615. The van der Waals surface area contributed by atoms with Crippen molar-refractivity contribution in [1.82, 2.24) is 0 Å². The second-order valence-corrected chi connectivity index (χ2v) is 8.58. The van der Waals surface area contributed by atoms with Gasteiger partial charge in [-0.2, -0.15) is 0 Å². The smallest absolute Gasteiger partial charge is 0.400 e. The molecule has 2 heterocycles. The van der Waals surface area contributed by atoms with Gasteiger partial charge in [-0.15, -0.1) is 11.3 Å². The van der Waals surface area contributed by atoms with Crippen molar-refractivity contribution in [1.29, 1.82) is 0 Å². The summed E-state index contributed by atoms with van der Waals surface area (Å²) in [6.45, 7) is 11.0. The van der Waals surface area contributed by atoms with Gasteiger partial charge in [0.25, 0.3) is 0 Å². The third-order valence-corrected chi connectivity index (χ3v) is 6.09. The SMILES string of the molecule is CCCCCCc1ccsc1C=C(CN)B1OC(C)(C)C(C)(C)O1. The van der Waals surface area contributed by atoms with Crippen molar-refractivity contribution in [3.63, 3.8) is 0 Å². The molecule has 1 aliphatic rings. The highest BCUT2D eigenvalue weighted by Crippen LogP contribution is 2.39. The number of nitrogens with two attached hydrogens (primary N) is 1. The lowest BCUT2D eigenvalue weighted by Gasteiger charge is -2.32. The van der Waals surface area contributed by atoms with Crippen LogP contribution in [-0.2, 0) is 15.7 Å². The molecule has 1 aromatic rings. The molecule has 0 bridgehead atoms.